The summed E-state index contributed by atoms with van der Waals surface area (Å²) in [5.74, 6) is -1.10. The van der Waals surface area contributed by atoms with Crippen molar-refractivity contribution in [2.45, 2.75) is 19.1 Å². The number of hydrogen-bond acceptors (Lipinski definition) is 3. The first-order valence-corrected chi connectivity index (χ1v) is 6.98. The second-order valence-electron chi connectivity index (χ2n) is 5.33. The van der Waals surface area contributed by atoms with Gasteiger partial charge in [-0.1, -0.05) is 6.07 Å². The predicted molar refractivity (Wildman–Crippen MR) is 77.4 cm³/mol. The Hall–Kier alpha value is -2.57. The van der Waals surface area contributed by atoms with Crippen molar-refractivity contribution in [3.63, 3.8) is 0 Å². The van der Waals surface area contributed by atoms with Gasteiger partial charge in [-0.3, -0.25) is 0 Å². The Morgan fingerprint density at radius 1 is 1.22 bits per heavy atom. The number of hydrogen-bond donors (Lipinski definition) is 1. The van der Waals surface area contributed by atoms with Crippen molar-refractivity contribution in [3.8, 4) is 0 Å². The minimum Gasteiger partial charge on any atom is -0.478 e. The molecular weight excluding hydrogens is 309 g/mol. The molecule has 1 N–H and O–H groups in total. The van der Waals surface area contributed by atoms with E-state index in [0.717, 1.165) is 17.2 Å². The lowest BCUT2D eigenvalue weighted by atomic mass is 9.97. The SMILES string of the molecule is O=C(O)c1ccc2c(c1)CCN(c1ncccc1C(F)(F)F)C2. The highest BCUT2D eigenvalue weighted by atomic mass is 19.4. The Morgan fingerprint density at radius 3 is 2.70 bits per heavy atom. The van der Waals surface area contributed by atoms with Crippen LogP contribution in [-0.4, -0.2) is 22.6 Å². The average molecular weight is 322 g/mol. The van der Waals surface area contributed by atoms with E-state index in [9.17, 15) is 18.0 Å². The van der Waals surface area contributed by atoms with Crippen LogP contribution in [-0.2, 0) is 19.1 Å². The normalized spacial score (nSPS) is 14.5. The number of fused-ring (bicyclic) bond motifs is 1. The third kappa shape index (κ3) is 2.99. The third-order valence-corrected chi connectivity index (χ3v) is 3.86. The van der Waals surface area contributed by atoms with E-state index in [1.807, 2.05) is 0 Å². The van der Waals surface area contributed by atoms with E-state index >= 15 is 0 Å². The zero-order valence-corrected chi connectivity index (χ0v) is 12.0. The van der Waals surface area contributed by atoms with Crippen LogP contribution in [0.4, 0.5) is 19.0 Å². The number of carbonyl (C=O) groups is 1. The lowest BCUT2D eigenvalue weighted by molar-refractivity contribution is -0.137. The van der Waals surface area contributed by atoms with Gasteiger partial charge in [0.25, 0.3) is 0 Å². The lowest BCUT2D eigenvalue weighted by Crippen LogP contribution is -2.33. The molecule has 7 heteroatoms. The van der Waals surface area contributed by atoms with Crippen LogP contribution in [0.2, 0.25) is 0 Å². The van der Waals surface area contributed by atoms with Gasteiger partial charge in [-0.05, 0) is 41.8 Å². The number of carboxylic acids is 1. The molecule has 4 nitrogen and oxygen atoms in total. The monoisotopic (exact) mass is 322 g/mol. The number of aromatic nitrogens is 1. The summed E-state index contributed by atoms with van der Waals surface area (Å²) in [5, 5.41) is 9.00. The fraction of sp³-hybridized carbons (Fsp3) is 0.250. The van der Waals surface area contributed by atoms with Crippen molar-refractivity contribution < 1.29 is 23.1 Å². The number of benzene rings is 1. The number of rotatable bonds is 2. The molecule has 0 saturated heterocycles. The lowest BCUT2D eigenvalue weighted by Gasteiger charge is -2.31. The van der Waals surface area contributed by atoms with E-state index in [2.05, 4.69) is 4.98 Å². The molecule has 0 saturated carbocycles. The van der Waals surface area contributed by atoms with E-state index in [0.29, 0.717) is 13.0 Å². The van der Waals surface area contributed by atoms with Crippen molar-refractivity contribution in [1.29, 1.82) is 0 Å². The van der Waals surface area contributed by atoms with Crippen molar-refractivity contribution in [2.24, 2.45) is 0 Å². The van der Waals surface area contributed by atoms with Gasteiger partial charge in [0.2, 0.25) is 0 Å². The molecule has 1 aromatic heterocycles. The summed E-state index contributed by atoms with van der Waals surface area (Å²) in [6, 6.07) is 6.99. The number of halogens is 3. The molecule has 0 unspecified atom stereocenters. The smallest absolute Gasteiger partial charge is 0.419 e. The zero-order valence-electron chi connectivity index (χ0n) is 12.0. The van der Waals surface area contributed by atoms with Gasteiger partial charge in [-0.15, -0.1) is 0 Å². The van der Waals surface area contributed by atoms with Crippen LogP contribution < -0.4 is 4.90 Å². The predicted octanol–water partition coefficient (Wildman–Crippen LogP) is 3.36. The summed E-state index contributed by atoms with van der Waals surface area (Å²) in [6.45, 7) is 0.630. The van der Waals surface area contributed by atoms with E-state index in [1.165, 1.54) is 18.3 Å². The molecule has 3 rings (SSSR count). The van der Waals surface area contributed by atoms with Gasteiger partial charge in [0.1, 0.15) is 5.82 Å². The first-order chi connectivity index (χ1) is 10.9. The van der Waals surface area contributed by atoms with Gasteiger partial charge in [-0.2, -0.15) is 13.2 Å². The molecule has 1 aliphatic heterocycles. The molecule has 1 aromatic carbocycles. The highest BCUT2D eigenvalue weighted by Crippen LogP contribution is 2.36. The Balaban J connectivity index is 1.93. The number of alkyl halides is 3. The average Bonchev–Trinajstić information content (AvgIpc) is 2.53. The largest absolute Gasteiger partial charge is 0.478 e. The van der Waals surface area contributed by atoms with Gasteiger partial charge in [0.05, 0.1) is 11.1 Å². The van der Waals surface area contributed by atoms with Crippen molar-refractivity contribution in [1.82, 2.24) is 4.98 Å². The number of aromatic carboxylic acids is 1. The number of pyridine rings is 1. The fourth-order valence-corrected chi connectivity index (χ4v) is 2.74. The maximum Gasteiger partial charge on any atom is 0.419 e. The highest BCUT2D eigenvalue weighted by molar-refractivity contribution is 5.88. The summed E-state index contributed by atoms with van der Waals surface area (Å²) >= 11 is 0. The second-order valence-corrected chi connectivity index (χ2v) is 5.33. The van der Waals surface area contributed by atoms with Crippen LogP contribution in [0, 0.1) is 0 Å². The fourth-order valence-electron chi connectivity index (χ4n) is 2.74. The summed E-state index contributed by atoms with van der Waals surface area (Å²) in [7, 11) is 0. The van der Waals surface area contributed by atoms with Crippen LogP contribution in [0.15, 0.2) is 36.5 Å². The topological polar surface area (TPSA) is 53.4 Å². The van der Waals surface area contributed by atoms with Crippen molar-refractivity contribution in [2.75, 3.05) is 11.4 Å². The molecule has 0 spiro atoms. The van der Waals surface area contributed by atoms with E-state index in [4.69, 9.17) is 5.11 Å². The molecule has 2 aromatic rings. The van der Waals surface area contributed by atoms with Gasteiger partial charge in [-0.25, -0.2) is 9.78 Å². The molecule has 0 fully saturated rings. The minimum atomic E-state index is -4.46. The van der Waals surface area contributed by atoms with E-state index < -0.39 is 17.7 Å². The quantitative estimate of drug-likeness (QED) is 0.921. The van der Waals surface area contributed by atoms with Crippen molar-refractivity contribution in [3.05, 3.63) is 58.8 Å². The first-order valence-electron chi connectivity index (χ1n) is 6.98. The van der Waals surface area contributed by atoms with Gasteiger partial charge >= 0.3 is 12.1 Å². The molecule has 0 radical (unpaired) electrons. The molecule has 0 atom stereocenters. The van der Waals surface area contributed by atoms with Crippen LogP contribution in [0.5, 0.6) is 0 Å². The molecule has 120 valence electrons. The van der Waals surface area contributed by atoms with Crippen LogP contribution in [0.1, 0.15) is 27.0 Å². The van der Waals surface area contributed by atoms with Gasteiger partial charge < -0.3 is 10.0 Å². The summed E-state index contributed by atoms with van der Waals surface area (Å²) in [5.41, 5.74) is 1.10. The molecule has 2 heterocycles. The number of nitrogens with zero attached hydrogens (tertiary/aromatic N) is 2. The number of anilines is 1. The van der Waals surface area contributed by atoms with Crippen LogP contribution in [0.25, 0.3) is 0 Å². The van der Waals surface area contributed by atoms with E-state index in [-0.39, 0.29) is 17.9 Å². The van der Waals surface area contributed by atoms with Crippen molar-refractivity contribution >= 4 is 11.8 Å². The second kappa shape index (κ2) is 5.57. The Labute approximate surface area is 130 Å². The molecule has 0 bridgehead atoms. The molecule has 0 aliphatic carbocycles. The standard InChI is InChI=1S/C16H13F3N2O2/c17-16(18,19)13-2-1-6-20-14(13)21-7-5-10-8-11(15(22)23)3-4-12(10)9-21/h1-4,6,8H,5,7,9H2,(H,22,23). The summed E-state index contributed by atoms with van der Waals surface area (Å²) < 4.78 is 39.3. The Morgan fingerprint density at radius 2 is 2.00 bits per heavy atom. The molecule has 0 amide bonds. The third-order valence-electron chi connectivity index (χ3n) is 3.86. The van der Waals surface area contributed by atoms with Crippen LogP contribution >= 0.6 is 0 Å². The van der Waals surface area contributed by atoms with Gasteiger partial charge in [0, 0.05) is 19.3 Å². The number of carboxylic acid groups (broad SMARTS) is 1. The minimum absolute atomic E-state index is 0.0899. The van der Waals surface area contributed by atoms with Gasteiger partial charge in [0.15, 0.2) is 0 Å². The Kier molecular flexibility index (Phi) is 3.71. The molecule has 1 aliphatic rings. The summed E-state index contributed by atoms with van der Waals surface area (Å²) in [4.78, 5) is 16.5. The highest BCUT2D eigenvalue weighted by Gasteiger charge is 2.36. The first kappa shape index (κ1) is 15.3. The molecule has 23 heavy (non-hydrogen) atoms. The van der Waals surface area contributed by atoms with Crippen LogP contribution in [0.3, 0.4) is 0 Å². The van der Waals surface area contributed by atoms with E-state index in [1.54, 1.807) is 17.0 Å². The summed E-state index contributed by atoms with van der Waals surface area (Å²) in [6.07, 6.45) is -2.64. The zero-order chi connectivity index (χ0) is 16.6. The maximum atomic E-state index is 13.1. The molecular formula is C16H13F3N2O2. The maximum absolute atomic E-state index is 13.1. The Bertz CT molecular complexity index is 759.